The van der Waals surface area contributed by atoms with E-state index in [1.165, 1.54) is 25.2 Å². The van der Waals surface area contributed by atoms with Crippen LogP contribution in [0, 0.1) is 94.2 Å². The van der Waals surface area contributed by atoms with E-state index in [0.29, 0.717) is 47.3 Å². The summed E-state index contributed by atoms with van der Waals surface area (Å²) in [5, 5.41) is 0. The Bertz CT molecular complexity index is 1380. The van der Waals surface area contributed by atoms with Crippen molar-refractivity contribution in [2.24, 2.45) is 74.4 Å². The van der Waals surface area contributed by atoms with Gasteiger partial charge >= 0.3 is 0 Å². The summed E-state index contributed by atoms with van der Waals surface area (Å²) < 4.78 is 27.7. The zero-order valence-electron chi connectivity index (χ0n) is 37.8. The van der Waals surface area contributed by atoms with Gasteiger partial charge in [-0.1, -0.05) is 131 Å². The first-order valence-corrected chi connectivity index (χ1v) is 21.8. The van der Waals surface area contributed by atoms with Crippen molar-refractivity contribution in [3.8, 4) is 0 Å². The predicted molar refractivity (Wildman–Crippen MR) is 215 cm³/mol. The van der Waals surface area contributed by atoms with E-state index in [4.69, 9.17) is 18.9 Å². The Hall–Kier alpha value is 1.63. The molecule has 2 radical (unpaired) electrons. The van der Waals surface area contributed by atoms with E-state index in [1.54, 1.807) is 5.57 Å². The van der Waals surface area contributed by atoms with Crippen LogP contribution in [0.15, 0.2) is 11.6 Å². The van der Waals surface area contributed by atoms with Crippen LogP contribution in [0.25, 0.3) is 0 Å². The molecule has 2 saturated heterocycles. The van der Waals surface area contributed by atoms with E-state index in [2.05, 4.69) is 109 Å². The molecule has 6 fully saturated rings. The second kappa shape index (κ2) is 18.8. The van der Waals surface area contributed by atoms with Gasteiger partial charge in [0.05, 0.1) is 12.2 Å². The van der Waals surface area contributed by atoms with Crippen molar-refractivity contribution in [1.82, 2.24) is 0 Å². The van der Waals surface area contributed by atoms with Gasteiger partial charge in [-0.2, -0.15) is 19.3 Å². The first-order chi connectivity index (χ1) is 24.4. The van der Waals surface area contributed by atoms with Crippen molar-refractivity contribution in [1.29, 1.82) is 0 Å². The van der Waals surface area contributed by atoms with Crippen molar-refractivity contribution in [3.63, 3.8) is 0 Å². The number of ether oxygens (including phenoxy) is 4. The maximum Gasteiger partial charge on any atom is 0.182 e. The molecular weight excluding hydrogens is 980 g/mol. The van der Waals surface area contributed by atoms with Gasteiger partial charge in [0, 0.05) is 78.2 Å². The molecule has 56 heavy (non-hydrogen) atoms. The summed E-state index contributed by atoms with van der Waals surface area (Å²) in [4.78, 5) is 12.7. The van der Waals surface area contributed by atoms with E-state index in [-0.39, 0.29) is 132 Å². The number of carbonyl (C=O) groups excluding carboxylic acids is 1. The predicted octanol–water partition coefficient (Wildman–Crippen LogP) is 11.6. The largest absolute Gasteiger partial charge is 0.544 e. The molecule has 0 aromatic carbocycles. The van der Waals surface area contributed by atoms with Crippen molar-refractivity contribution >= 4 is 6.29 Å². The van der Waals surface area contributed by atoms with E-state index in [9.17, 15) is 4.79 Å². The third-order valence-corrected chi connectivity index (χ3v) is 18.5. The smallest absolute Gasteiger partial charge is 0.182 e. The van der Waals surface area contributed by atoms with Gasteiger partial charge in [-0.25, -0.2) is 0 Å². The summed E-state index contributed by atoms with van der Waals surface area (Å²) in [7, 11) is 0. The van der Waals surface area contributed by atoms with Crippen molar-refractivity contribution in [2.45, 2.75) is 191 Å². The Balaban J connectivity index is 0.00000210. The molecule has 8 heteroatoms. The van der Waals surface area contributed by atoms with Gasteiger partial charge in [0.2, 0.25) is 0 Å². The number of hydrogen-bond acceptors (Lipinski definition) is 5. The van der Waals surface area contributed by atoms with Crippen LogP contribution in [0.5, 0.6) is 0 Å². The van der Waals surface area contributed by atoms with Crippen LogP contribution >= 0.6 is 0 Å². The van der Waals surface area contributed by atoms with Crippen LogP contribution in [0.2, 0.25) is 0 Å². The van der Waals surface area contributed by atoms with Crippen molar-refractivity contribution < 1.29 is 96.1 Å². The summed E-state index contributed by atoms with van der Waals surface area (Å²) in [6, 6.07) is 0. The average Bonchev–Trinajstić information content (AvgIpc) is 3.10. The SMILES string of the molecule is CCC1O[C@@H](OC2[C@H](O[C@H]3CCC4(C)C5CC=C6C7CC(C)(C)CC[C@]7([C-]=O)[CH-]CC6(C)[C@]5(C)CC[C@H]4[C-]3C)OC(C)[C@@H](C)[C@@H]2C)C(C)[C@@H](C)[C@H]1C.[CH3-].[V].[W].[Y]. The molecule has 0 bridgehead atoms. The van der Waals surface area contributed by atoms with E-state index in [1.807, 2.05) is 0 Å². The molecule has 5 nitrogen and oxygen atoms in total. The molecule has 0 aromatic heterocycles. The number of allylic oxidation sites excluding steroid dienone is 2. The Labute approximate surface area is 396 Å². The number of rotatable bonds is 6. The molecule has 0 aromatic rings. The third kappa shape index (κ3) is 8.28. The Kier molecular flexibility index (Phi) is 17.4. The number of fused-ring (bicyclic) bond motifs is 7. The van der Waals surface area contributed by atoms with Gasteiger partial charge in [0.15, 0.2) is 12.6 Å². The maximum atomic E-state index is 12.7. The van der Waals surface area contributed by atoms with Gasteiger partial charge < -0.3 is 37.6 Å². The standard InChI is InChI=1S/C47H75O5.CH3.V.W.Y/c1-14-37-29(4)27(2)31(6)41(50-37)52-40-30(5)28(3)33(8)49-42(40)51-38-18-19-44(11)34(32(38)7)17-20-46(13)39(44)16-15-35-36-25-43(9,10)21-23-47(36,26-48)24-22-45(35,46)12;;;;/h15,24,27-31,33-34,36-42H,14,16-23,25H2,1-13H3;1H3;;;/q-3;-1;;;/t27-,28-,29+,30-,31?,33?,34-,36?,37?,38-,39?,40?,41-,42-,44?,45?,46+,47+;;;;/m0..../s1. The Morgan fingerprint density at radius 2 is 1.55 bits per heavy atom. The summed E-state index contributed by atoms with van der Waals surface area (Å²) >= 11 is 0. The number of hydrogen-bond donors (Lipinski definition) is 0. The Morgan fingerprint density at radius 1 is 0.875 bits per heavy atom. The second-order valence-corrected chi connectivity index (χ2v) is 21.2. The second-order valence-electron chi connectivity index (χ2n) is 21.2. The molecule has 318 valence electrons. The van der Waals surface area contributed by atoms with Crippen LogP contribution in [0.4, 0.5) is 0 Å². The van der Waals surface area contributed by atoms with E-state index in [0.717, 1.165) is 44.9 Å². The van der Waals surface area contributed by atoms with Crippen LogP contribution in [-0.2, 0) is 96.1 Å². The Morgan fingerprint density at radius 3 is 2.20 bits per heavy atom. The molecule has 0 N–H and O–H groups in total. The van der Waals surface area contributed by atoms with Crippen molar-refractivity contribution in [3.05, 3.63) is 31.4 Å². The summed E-state index contributed by atoms with van der Waals surface area (Å²) in [6.45, 7) is 31.2. The molecular formula is C48H78O5VWY-4. The zero-order valence-corrected chi connectivity index (χ0v) is 45.0. The quantitative estimate of drug-likeness (QED) is 0.151. The summed E-state index contributed by atoms with van der Waals surface area (Å²) in [5.74, 6) is 4.97. The fourth-order valence-electron chi connectivity index (χ4n) is 13.8. The molecule has 0 spiro atoms. The first kappa shape index (κ1) is 52.0. The van der Waals surface area contributed by atoms with Crippen LogP contribution in [0.3, 0.4) is 0 Å². The molecule has 2 heterocycles. The van der Waals surface area contributed by atoms with Crippen LogP contribution in [-0.4, -0.2) is 43.3 Å². The van der Waals surface area contributed by atoms with E-state index < -0.39 is 11.7 Å². The molecule has 0 amide bonds. The minimum absolute atomic E-state index is 0. The molecule has 4 saturated carbocycles. The fourth-order valence-corrected chi connectivity index (χ4v) is 13.8. The third-order valence-electron chi connectivity index (χ3n) is 18.5. The van der Waals surface area contributed by atoms with Gasteiger partial charge in [0.1, 0.15) is 6.10 Å². The average molecular weight is 1060 g/mol. The molecule has 8 unspecified atom stereocenters. The summed E-state index contributed by atoms with van der Waals surface area (Å²) in [5.41, 5.74) is 1.96. The molecule has 7 aliphatic rings. The minimum atomic E-state index is -0.406. The molecule has 5 aliphatic carbocycles. The van der Waals surface area contributed by atoms with Gasteiger partial charge in [-0.05, 0) is 84.9 Å². The van der Waals surface area contributed by atoms with Gasteiger partial charge in [-0.15, -0.1) is 0 Å². The normalized spacial score (nSPS) is 51.0. The fraction of sp³-hybridized carbons (Fsp3) is 0.875. The minimum Gasteiger partial charge on any atom is -0.544 e. The molecule has 7 rings (SSSR count). The topological polar surface area (TPSA) is 54.0 Å². The van der Waals surface area contributed by atoms with Gasteiger partial charge in [-0.3, -0.25) is 17.6 Å². The van der Waals surface area contributed by atoms with Crippen molar-refractivity contribution in [2.75, 3.05) is 0 Å². The monoisotopic (exact) mass is 1060 g/mol. The van der Waals surface area contributed by atoms with Crippen LogP contribution < -0.4 is 0 Å². The van der Waals surface area contributed by atoms with Crippen LogP contribution in [0.1, 0.15) is 154 Å². The zero-order chi connectivity index (χ0) is 37.8. The van der Waals surface area contributed by atoms with E-state index >= 15 is 0 Å². The molecule has 2 aliphatic heterocycles. The maximum absolute atomic E-state index is 12.7. The summed E-state index contributed by atoms with van der Waals surface area (Å²) in [6.07, 6.45) is 18.2. The first-order valence-electron chi connectivity index (χ1n) is 21.8. The van der Waals surface area contributed by atoms with Gasteiger partial charge in [0.25, 0.3) is 0 Å². The molecule has 18 atom stereocenters.